The molecule has 0 radical (unpaired) electrons. The van der Waals surface area contributed by atoms with Gasteiger partial charge < -0.3 is 14.8 Å². The average Bonchev–Trinajstić information content (AvgIpc) is 3.49. The summed E-state index contributed by atoms with van der Waals surface area (Å²) in [7, 11) is 1.88. The zero-order valence-corrected chi connectivity index (χ0v) is 17.2. The van der Waals surface area contributed by atoms with Crippen molar-refractivity contribution in [1.29, 1.82) is 0 Å². The fourth-order valence-corrected chi connectivity index (χ4v) is 4.74. The maximum absolute atomic E-state index is 13.0. The van der Waals surface area contributed by atoms with Crippen LogP contribution in [0.2, 0.25) is 0 Å². The van der Waals surface area contributed by atoms with Crippen LogP contribution in [0.3, 0.4) is 0 Å². The van der Waals surface area contributed by atoms with Gasteiger partial charge in [0.15, 0.2) is 0 Å². The summed E-state index contributed by atoms with van der Waals surface area (Å²) in [5, 5.41) is 0. The van der Waals surface area contributed by atoms with Crippen LogP contribution in [0.25, 0.3) is 0 Å². The van der Waals surface area contributed by atoms with Crippen molar-refractivity contribution in [1.82, 2.24) is 24.7 Å². The van der Waals surface area contributed by atoms with E-state index < -0.39 is 0 Å². The third kappa shape index (κ3) is 4.40. The number of H-pyrrole nitrogens is 1. The van der Waals surface area contributed by atoms with Gasteiger partial charge in [0.25, 0.3) is 0 Å². The Morgan fingerprint density at radius 3 is 2.54 bits per heavy atom. The van der Waals surface area contributed by atoms with Crippen molar-refractivity contribution in [2.75, 3.05) is 33.2 Å². The Labute approximate surface area is 167 Å². The number of imidazole rings is 1. The van der Waals surface area contributed by atoms with E-state index in [1.165, 1.54) is 0 Å². The van der Waals surface area contributed by atoms with Gasteiger partial charge in [-0.2, -0.15) is 0 Å². The maximum atomic E-state index is 13.0. The number of hydrogen-bond donors (Lipinski definition) is 1. The van der Waals surface area contributed by atoms with Crippen LogP contribution in [-0.2, 0) is 16.1 Å². The molecule has 3 fully saturated rings. The lowest BCUT2D eigenvalue weighted by molar-refractivity contribution is -0.137. The standard InChI is InChI=1S/C21H33N5O2/c1-15-12-22-19(23-15)14-24(2)20(27)17-4-3-9-26(13-17)18-7-10-25(11-8-18)21(28)16-5-6-16/h12,16-18H,3-11,13-14H2,1-2H3,(H,22,23)/t17-/m1/s1. The number of aromatic amines is 1. The maximum Gasteiger partial charge on any atom is 0.227 e. The number of aryl methyl sites for hydroxylation is 1. The summed E-state index contributed by atoms with van der Waals surface area (Å²) in [6, 6.07) is 0.511. The van der Waals surface area contributed by atoms with E-state index in [4.69, 9.17) is 0 Å². The van der Waals surface area contributed by atoms with E-state index in [2.05, 4.69) is 19.8 Å². The highest BCUT2D eigenvalue weighted by molar-refractivity contribution is 5.81. The number of carbonyl (C=O) groups excluding carboxylic acids is 2. The van der Waals surface area contributed by atoms with Crippen LogP contribution < -0.4 is 0 Å². The van der Waals surface area contributed by atoms with Gasteiger partial charge >= 0.3 is 0 Å². The summed E-state index contributed by atoms with van der Waals surface area (Å²) in [6.45, 7) is 6.19. The van der Waals surface area contributed by atoms with Gasteiger partial charge in [-0.05, 0) is 52.0 Å². The van der Waals surface area contributed by atoms with Gasteiger partial charge in [0, 0.05) is 50.5 Å². The molecule has 3 heterocycles. The van der Waals surface area contributed by atoms with Crippen molar-refractivity contribution < 1.29 is 9.59 Å². The molecular formula is C21H33N5O2. The first-order valence-corrected chi connectivity index (χ1v) is 10.8. The van der Waals surface area contributed by atoms with E-state index in [1.54, 1.807) is 6.20 Å². The smallest absolute Gasteiger partial charge is 0.227 e. The van der Waals surface area contributed by atoms with Crippen LogP contribution in [0.1, 0.15) is 50.0 Å². The van der Waals surface area contributed by atoms with Crippen LogP contribution in [-0.4, -0.2) is 75.8 Å². The van der Waals surface area contributed by atoms with E-state index in [1.807, 2.05) is 18.9 Å². The highest BCUT2D eigenvalue weighted by atomic mass is 16.2. The monoisotopic (exact) mass is 387 g/mol. The Bertz CT molecular complexity index is 705. The second kappa shape index (κ2) is 8.23. The Morgan fingerprint density at radius 2 is 1.89 bits per heavy atom. The minimum Gasteiger partial charge on any atom is -0.345 e. The quantitative estimate of drug-likeness (QED) is 0.836. The number of aromatic nitrogens is 2. The van der Waals surface area contributed by atoms with Crippen molar-refractivity contribution in [3.8, 4) is 0 Å². The summed E-state index contributed by atoms with van der Waals surface area (Å²) in [6.07, 6.45) is 8.10. The minimum atomic E-state index is 0.0703. The molecule has 0 unspecified atom stereocenters. The van der Waals surface area contributed by atoms with Crippen LogP contribution >= 0.6 is 0 Å². The molecule has 2 aliphatic heterocycles. The highest BCUT2D eigenvalue weighted by Crippen LogP contribution is 2.32. The zero-order chi connectivity index (χ0) is 19.7. The molecule has 1 atom stereocenters. The lowest BCUT2D eigenvalue weighted by atomic mass is 9.93. The van der Waals surface area contributed by atoms with Gasteiger partial charge in [-0.15, -0.1) is 0 Å². The number of piperidine rings is 2. The summed E-state index contributed by atoms with van der Waals surface area (Å²) in [5.74, 6) is 1.83. The van der Waals surface area contributed by atoms with Crippen LogP contribution in [0.4, 0.5) is 0 Å². The third-order valence-electron chi connectivity index (χ3n) is 6.54. The predicted octanol–water partition coefficient (Wildman–Crippen LogP) is 1.79. The van der Waals surface area contributed by atoms with Crippen LogP contribution in [0.15, 0.2) is 6.20 Å². The fourth-order valence-electron chi connectivity index (χ4n) is 4.74. The Hall–Kier alpha value is -1.89. The molecule has 0 aromatic carbocycles. The topological polar surface area (TPSA) is 72.5 Å². The summed E-state index contributed by atoms with van der Waals surface area (Å²) < 4.78 is 0. The molecule has 1 aromatic rings. The van der Waals surface area contributed by atoms with Gasteiger partial charge in [-0.1, -0.05) is 0 Å². The first-order valence-electron chi connectivity index (χ1n) is 10.8. The van der Waals surface area contributed by atoms with E-state index in [0.717, 1.165) is 76.2 Å². The summed E-state index contributed by atoms with van der Waals surface area (Å²) >= 11 is 0. The van der Waals surface area contributed by atoms with Crippen molar-refractivity contribution >= 4 is 11.8 Å². The number of rotatable bonds is 5. The van der Waals surface area contributed by atoms with Gasteiger partial charge in [0.05, 0.1) is 12.5 Å². The molecule has 4 rings (SSSR count). The second-order valence-electron chi connectivity index (χ2n) is 8.87. The summed E-state index contributed by atoms with van der Waals surface area (Å²) in [4.78, 5) is 39.1. The molecule has 2 amide bonds. The fraction of sp³-hybridized carbons (Fsp3) is 0.762. The molecule has 1 aromatic heterocycles. The number of nitrogens with zero attached hydrogens (tertiary/aromatic N) is 4. The number of amides is 2. The molecule has 1 aliphatic carbocycles. The van der Waals surface area contributed by atoms with Gasteiger partial charge in [-0.3, -0.25) is 14.5 Å². The molecule has 2 saturated heterocycles. The highest BCUT2D eigenvalue weighted by Gasteiger charge is 2.37. The molecule has 3 aliphatic rings. The lowest BCUT2D eigenvalue weighted by Crippen LogP contribution is -2.51. The molecule has 154 valence electrons. The van der Waals surface area contributed by atoms with Gasteiger partial charge in [0.2, 0.25) is 11.8 Å². The molecule has 7 heteroatoms. The first-order chi connectivity index (χ1) is 13.5. The number of nitrogens with one attached hydrogen (secondary N) is 1. The SMILES string of the molecule is Cc1cnc(CN(C)C(=O)[C@@H]2CCCN(C3CCN(C(=O)C4CC4)CC3)C2)[nH]1. The Morgan fingerprint density at radius 1 is 1.14 bits per heavy atom. The van der Waals surface area contributed by atoms with E-state index >= 15 is 0 Å². The average molecular weight is 388 g/mol. The van der Waals surface area contributed by atoms with Crippen LogP contribution in [0, 0.1) is 18.8 Å². The normalized spacial score (nSPS) is 24.4. The first kappa shape index (κ1) is 19.4. The van der Waals surface area contributed by atoms with E-state index in [9.17, 15) is 9.59 Å². The second-order valence-corrected chi connectivity index (χ2v) is 8.87. The van der Waals surface area contributed by atoms with Crippen molar-refractivity contribution in [2.45, 2.75) is 58.0 Å². The molecule has 7 nitrogen and oxygen atoms in total. The molecule has 0 spiro atoms. The molecule has 28 heavy (non-hydrogen) atoms. The minimum absolute atomic E-state index is 0.0703. The van der Waals surface area contributed by atoms with Crippen molar-refractivity contribution in [3.05, 3.63) is 17.7 Å². The van der Waals surface area contributed by atoms with Crippen molar-refractivity contribution in [3.63, 3.8) is 0 Å². The molecule has 1 saturated carbocycles. The molecule has 0 bridgehead atoms. The zero-order valence-electron chi connectivity index (χ0n) is 17.2. The Kier molecular flexibility index (Phi) is 5.71. The van der Waals surface area contributed by atoms with Crippen molar-refractivity contribution in [2.24, 2.45) is 11.8 Å². The molecular weight excluding hydrogens is 354 g/mol. The largest absolute Gasteiger partial charge is 0.345 e. The number of likely N-dealkylation sites (tertiary alicyclic amines) is 2. The van der Waals surface area contributed by atoms with E-state index in [0.29, 0.717) is 24.4 Å². The van der Waals surface area contributed by atoms with Crippen LogP contribution in [0.5, 0.6) is 0 Å². The van der Waals surface area contributed by atoms with Gasteiger partial charge in [-0.25, -0.2) is 4.98 Å². The molecule has 1 N–H and O–H groups in total. The lowest BCUT2D eigenvalue weighted by Gasteiger charge is -2.42. The third-order valence-corrected chi connectivity index (χ3v) is 6.54. The number of carbonyl (C=O) groups is 2. The van der Waals surface area contributed by atoms with Gasteiger partial charge in [0.1, 0.15) is 5.82 Å². The van der Waals surface area contributed by atoms with E-state index in [-0.39, 0.29) is 11.8 Å². The Balaban J connectivity index is 1.27. The predicted molar refractivity (Wildman–Crippen MR) is 106 cm³/mol. The number of hydrogen-bond acceptors (Lipinski definition) is 4. The summed E-state index contributed by atoms with van der Waals surface area (Å²) in [5.41, 5.74) is 1.02.